The first-order chi connectivity index (χ1) is 17.8. The molecule has 0 saturated heterocycles. The quantitative estimate of drug-likeness (QED) is 0.170. The zero-order valence-electron chi connectivity index (χ0n) is 19.1. The summed E-state index contributed by atoms with van der Waals surface area (Å²) in [6.45, 7) is -0.502. The SMILES string of the molecule is COc1ccc2nc(NC(=O)COC(=O)c3cc(-c4ccc(Cl)c(Cl)c4Cl)nc4ccccc34)sc2c1. The van der Waals surface area contributed by atoms with Crippen molar-refractivity contribution in [2.24, 2.45) is 0 Å². The van der Waals surface area contributed by atoms with Crippen LogP contribution in [0.3, 0.4) is 0 Å². The molecule has 0 aliphatic heterocycles. The van der Waals surface area contributed by atoms with Crippen molar-refractivity contribution in [1.29, 1.82) is 0 Å². The minimum absolute atomic E-state index is 0.185. The maximum Gasteiger partial charge on any atom is 0.339 e. The van der Waals surface area contributed by atoms with E-state index >= 15 is 0 Å². The van der Waals surface area contributed by atoms with E-state index in [1.807, 2.05) is 6.07 Å². The predicted molar refractivity (Wildman–Crippen MR) is 147 cm³/mol. The van der Waals surface area contributed by atoms with E-state index in [1.54, 1.807) is 61.7 Å². The smallest absolute Gasteiger partial charge is 0.339 e. The lowest BCUT2D eigenvalue weighted by Gasteiger charge is -2.12. The molecule has 5 rings (SSSR count). The maximum atomic E-state index is 13.1. The second kappa shape index (κ2) is 10.5. The van der Waals surface area contributed by atoms with E-state index in [1.165, 1.54) is 11.3 Å². The molecule has 11 heteroatoms. The number of rotatable bonds is 6. The van der Waals surface area contributed by atoms with Gasteiger partial charge in [0.25, 0.3) is 5.91 Å². The number of benzene rings is 3. The molecule has 0 saturated carbocycles. The number of nitrogens with one attached hydrogen (secondary N) is 1. The van der Waals surface area contributed by atoms with Crippen LogP contribution >= 0.6 is 46.1 Å². The fourth-order valence-electron chi connectivity index (χ4n) is 3.66. The lowest BCUT2D eigenvalue weighted by molar-refractivity contribution is -0.119. The Morgan fingerprint density at radius 3 is 2.57 bits per heavy atom. The molecule has 2 aromatic heterocycles. The number of anilines is 1. The molecule has 0 spiro atoms. The number of esters is 1. The first-order valence-electron chi connectivity index (χ1n) is 10.8. The number of thiazole rings is 1. The summed E-state index contributed by atoms with van der Waals surface area (Å²) < 4.78 is 11.4. The molecular formula is C26H16Cl3N3O4S. The molecule has 1 N–H and O–H groups in total. The molecule has 5 aromatic rings. The van der Waals surface area contributed by atoms with Crippen LogP contribution in [0.1, 0.15) is 10.4 Å². The fraction of sp³-hybridized carbons (Fsp3) is 0.0769. The van der Waals surface area contributed by atoms with Gasteiger partial charge in [0.2, 0.25) is 0 Å². The molecule has 0 atom stereocenters. The Balaban J connectivity index is 1.37. The zero-order valence-corrected chi connectivity index (χ0v) is 22.1. The highest BCUT2D eigenvalue weighted by Gasteiger charge is 2.19. The van der Waals surface area contributed by atoms with Gasteiger partial charge < -0.3 is 9.47 Å². The molecule has 7 nitrogen and oxygen atoms in total. The minimum atomic E-state index is -0.694. The Kier molecular flexibility index (Phi) is 7.17. The standard InChI is InChI=1S/C26H16Cl3N3O4S/c1-35-13-6-9-19-21(10-13)37-26(31-19)32-22(33)12-36-25(34)16-11-20(30-18-5-3-2-4-14(16)18)15-7-8-17(27)24(29)23(15)28/h2-11H,12H2,1H3,(H,31,32,33). The summed E-state index contributed by atoms with van der Waals surface area (Å²) in [5.41, 5.74) is 2.39. The van der Waals surface area contributed by atoms with Crippen molar-refractivity contribution in [1.82, 2.24) is 9.97 Å². The minimum Gasteiger partial charge on any atom is -0.497 e. The van der Waals surface area contributed by atoms with E-state index in [0.717, 1.165) is 10.2 Å². The molecule has 1 amide bonds. The summed E-state index contributed by atoms with van der Waals surface area (Å²) in [6.07, 6.45) is 0. The molecule has 0 unspecified atom stereocenters. The van der Waals surface area contributed by atoms with Crippen LogP contribution in [0.15, 0.2) is 60.7 Å². The highest BCUT2D eigenvalue weighted by Crippen LogP contribution is 2.38. The average molecular weight is 573 g/mol. The topological polar surface area (TPSA) is 90.4 Å². The first-order valence-corrected chi connectivity index (χ1v) is 12.7. The van der Waals surface area contributed by atoms with Gasteiger partial charge in [-0.2, -0.15) is 0 Å². The third-order valence-corrected chi connectivity index (χ3v) is 7.65. The van der Waals surface area contributed by atoms with Crippen LogP contribution in [0, 0.1) is 0 Å². The molecule has 186 valence electrons. The lowest BCUT2D eigenvalue weighted by atomic mass is 10.0. The fourth-order valence-corrected chi connectivity index (χ4v) is 5.20. The van der Waals surface area contributed by atoms with Gasteiger partial charge in [0.05, 0.1) is 49.2 Å². The number of ether oxygens (including phenoxy) is 2. The number of halogens is 3. The van der Waals surface area contributed by atoms with Crippen LogP contribution < -0.4 is 10.1 Å². The summed E-state index contributed by atoms with van der Waals surface area (Å²) >= 11 is 20.0. The van der Waals surface area contributed by atoms with Crippen molar-refractivity contribution < 1.29 is 19.1 Å². The zero-order chi connectivity index (χ0) is 26.1. The summed E-state index contributed by atoms with van der Waals surface area (Å²) in [5.74, 6) is -0.528. The van der Waals surface area contributed by atoms with Crippen LogP contribution in [0.2, 0.25) is 15.1 Å². The van der Waals surface area contributed by atoms with Gasteiger partial charge >= 0.3 is 5.97 Å². The third-order valence-electron chi connectivity index (χ3n) is 5.42. The van der Waals surface area contributed by atoms with Crippen molar-refractivity contribution >= 4 is 84.3 Å². The molecule has 0 radical (unpaired) electrons. The number of carbonyl (C=O) groups is 2. The van der Waals surface area contributed by atoms with Crippen molar-refractivity contribution in [3.05, 3.63) is 81.3 Å². The van der Waals surface area contributed by atoms with Gasteiger partial charge in [-0.15, -0.1) is 0 Å². The Morgan fingerprint density at radius 2 is 1.76 bits per heavy atom. The van der Waals surface area contributed by atoms with Crippen molar-refractivity contribution in [2.45, 2.75) is 0 Å². The third kappa shape index (κ3) is 5.19. The predicted octanol–water partition coefficient (Wildman–Crippen LogP) is 7.28. The number of para-hydroxylation sites is 1. The Hall–Kier alpha value is -3.43. The highest BCUT2D eigenvalue weighted by atomic mass is 35.5. The van der Waals surface area contributed by atoms with Crippen LogP contribution in [0.4, 0.5) is 5.13 Å². The number of amides is 1. The number of carbonyl (C=O) groups excluding carboxylic acids is 2. The molecule has 3 aromatic carbocycles. The monoisotopic (exact) mass is 571 g/mol. The average Bonchev–Trinajstić information content (AvgIpc) is 3.31. The van der Waals surface area contributed by atoms with Gasteiger partial charge in [-0.1, -0.05) is 64.3 Å². The number of hydrogen-bond donors (Lipinski definition) is 1. The van der Waals surface area contributed by atoms with Crippen molar-refractivity contribution in [2.75, 3.05) is 19.0 Å². The van der Waals surface area contributed by atoms with Gasteiger partial charge in [0.15, 0.2) is 11.7 Å². The van der Waals surface area contributed by atoms with Crippen molar-refractivity contribution in [3.63, 3.8) is 0 Å². The number of methoxy groups -OCH3 is 1. The summed E-state index contributed by atoms with van der Waals surface area (Å²) in [7, 11) is 1.58. The Labute approximate surface area is 229 Å². The van der Waals surface area contributed by atoms with Gasteiger partial charge in [-0.25, -0.2) is 14.8 Å². The van der Waals surface area contributed by atoms with Crippen LogP contribution in [0.5, 0.6) is 5.75 Å². The lowest BCUT2D eigenvalue weighted by Crippen LogP contribution is -2.21. The molecule has 0 aliphatic rings. The Bertz CT molecular complexity index is 1690. The van der Waals surface area contributed by atoms with Crippen LogP contribution in [-0.4, -0.2) is 35.6 Å². The summed E-state index contributed by atoms with van der Waals surface area (Å²) in [4.78, 5) is 34.6. The van der Waals surface area contributed by atoms with E-state index in [4.69, 9.17) is 44.3 Å². The number of hydrogen-bond acceptors (Lipinski definition) is 7. The summed E-state index contributed by atoms with van der Waals surface area (Å²) in [5, 5.41) is 4.31. The van der Waals surface area contributed by atoms with Gasteiger partial charge in [0.1, 0.15) is 5.75 Å². The molecular weight excluding hydrogens is 557 g/mol. The molecule has 0 aliphatic carbocycles. The van der Waals surface area contributed by atoms with E-state index in [9.17, 15) is 9.59 Å². The van der Waals surface area contributed by atoms with Gasteiger partial charge in [0, 0.05) is 10.9 Å². The molecule has 37 heavy (non-hydrogen) atoms. The summed E-state index contributed by atoms with van der Waals surface area (Å²) in [6, 6.07) is 17.3. The maximum absolute atomic E-state index is 13.1. The van der Waals surface area contributed by atoms with Gasteiger partial charge in [-0.3, -0.25) is 10.1 Å². The normalized spacial score (nSPS) is 11.0. The van der Waals surface area contributed by atoms with Crippen LogP contribution in [-0.2, 0) is 9.53 Å². The second-order valence-corrected chi connectivity index (χ2v) is 9.97. The van der Waals surface area contributed by atoms with E-state index in [2.05, 4.69) is 15.3 Å². The van der Waals surface area contributed by atoms with E-state index in [-0.39, 0.29) is 15.6 Å². The van der Waals surface area contributed by atoms with E-state index < -0.39 is 18.5 Å². The second-order valence-electron chi connectivity index (χ2n) is 7.77. The molecule has 0 bridgehead atoms. The number of nitrogens with zero attached hydrogens (tertiary/aromatic N) is 2. The largest absolute Gasteiger partial charge is 0.497 e. The van der Waals surface area contributed by atoms with E-state index in [0.29, 0.717) is 38.1 Å². The first kappa shape index (κ1) is 25.2. The number of pyridine rings is 1. The van der Waals surface area contributed by atoms with Gasteiger partial charge in [-0.05, 0) is 42.5 Å². The van der Waals surface area contributed by atoms with Crippen molar-refractivity contribution in [3.8, 4) is 17.0 Å². The van der Waals surface area contributed by atoms with Crippen LogP contribution in [0.25, 0.3) is 32.4 Å². The Morgan fingerprint density at radius 1 is 0.946 bits per heavy atom. The highest BCUT2D eigenvalue weighted by molar-refractivity contribution is 7.22. The number of fused-ring (bicyclic) bond motifs is 2. The number of aromatic nitrogens is 2. The molecule has 2 heterocycles. The molecule has 0 fully saturated rings.